The molecular weight excluding hydrogens is 232 g/mol. The Morgan fingerprint density at radius 2 is 1.58 bits per heavy atom. The fraction of sp³-hybridized carbons (Fsp3) is 0.611. The molecule has 1 heteroatoms. The van der Waals surface area contributed by atoms with E-state index in [0.717, 1.165) is 18.8 Å². The second kappa shape index (κ2) is 5.90. The average molecular weight is 256 g/mol. The van der Waals surface area contributed by atoms with E-state index in [2.05, 4.69) is 30.3 Å². The monoisotopic (exact) mass is 256 g/mol. The molecular formula is C18H24O. The Hall–Kier alpha value is -1.11. The molecule has 3 rings (SSSR count). The van der Waals surface area contributed by atoms with Crippen LogP contribution in [-0.4, -0.2) is 5.78 Å². The van der Waals surface area contributed by atoms with Gasteiger partial charge in [0.25, 0.3) is 0 Å². The van der Waals surface area contributed by atoms with Crippen LogP contribution < -0.4 is 0 Å². The number of hydrogen-bond acceptors (Lipinski definition) is 1. The number of Topliss-reactive ketones (excluding diaryl/α,β-unsaturated/α-hetero) is 1. The first kappa shape index (κ1) is 12.9. The summed E-state index contributed by atoms with van der Waals surface area (Å²) in [4.78, 5) is 12.1. The molecule has 2 unspecified atom stereocenters. The fourth-order valence-electron chi connectivity index (χ4n) is 4.13. The number of rotatable bonds is 2. The Bertz CT molecular complexity index is 417. The minimum atomic E-state index is 0.481. The summed E-state index contributed by atoms with van der Waals surface area (Å²) >= 11 is 0. The van der Waals surface area contributed by atoms with Gasteiger partial charge < -0.3 is 0 Å². The van der Waals surface area contributed by atoms with Gasteiger partial charge in [0, 0.05) is 12.8 Å². The molecule has 1 nitrogen and oxygen atoms in total. The van der Waals surface area contributed by atoms with Crippen LogP contribution in [0, 0.1) is 11.8 Å². The Balaban J connectivity index is 1.71. The lowest BCUT2D eigenvalue weighted by Gasteiger charge is -2.36. The second-order valence-electron chi connectivity index (χ2n) is 6.45. The molecule has 1 aromatic carbocycles. The van der Waals surface area contributed by atoms with Gasteiger partial charge in [-0.1, -0.05) is 62.4 Å². The number of carbonyl (C=O) groups is 1. The zero-order valence-corrected chi connectivity index (χ0v) is 11.7. The highest BCUT2D eigenvalue weighted by Crippen LogP contribution is 2.42. The molecule has 2 aliphatic carbocycles. The van der Waals surface area contributed by atoms with Crippen LogP contribution in [-0.2, 0) is 4.79 Å². The Kier molecular flexibility index (Phi) is 4.00. The molecule has 2 aliphatic rings. The molecule has 0 aromatic heterocycles. The van der Waals surface area contributed by atoms with Crippen LogP contribution in [0.4, 0.5) is 0 Å². The van der Waals surface area contributed by atoms with E-state index in [1.165, 1.54) is 44.1 Å². The molecule has 0 heterocycles. The summed E-state index contributed by atoms with van der Waals surface area (Å²) in [5.74, 6) is 2.46. The summed E-state index contributed by atoms with van der Waals surface area (Å²) in [5.41, 5.74) is 1.37. The van der Waals surface area contributed by atoms with Gasteiger partial charge >= 0.3 is 0 Å². The zero-order chi connectivity index (χ0) is 13.1. The van der Waals surface area contributed by atoms with E-state index in [0.29, 0.717) is 17.6 Å². The quantitative estimate of drug-likeness (QED) is 0.748. The lowest BCUT2D eigenvalue weighted by Crippen LogP contribution is -2.28. The number of hydrogen-bond donors (Lipinski definition) is 0. The van der Waals surface area contributed by atoms with Crippen LogP contribution in [0.3, 0.4) is 0 Å². The average Bonchev–Trinajstić information content (AvgIpc) is 2.48. The highest BCUT2D eigenvalue weighted by atomic mass is 16.1. The van der Waals surface area contributed by atoms with E-state index in [-0.39, 0.29) is 0 Å². The van der Waals surface area contributed by atoms with E-state index in [4.69, 9.17) is 0 Å². The smallest absolute Gasteiger partial charge is 0.133 e. The predicted octanol–water partition coefficient (Wildman–Crippen LogP) is 4.72. The van der Waals surface area contributed by atoms with Gasteiger partial charge in [-0.2, -0.15) is 0 Å². The highest BCUT2D eigenvalue weighted by molar-refractivity contribution is 5.80. The number of ketones is 1. The molecule has 2 saturated carbocycles. The molecule has 0 N–H and O–H groups in total. The third kappa shape index (κ3) is 3.08. The van der Waals surface area contributed by atoms with Gasteiger partial charge in [-0.15, -0.1) is 0 Å². The van der Waals surface area contributed by atoms with Gasteiger partial charge in [-0.3, -0.25) is 4.79 Å². The second-order valence-corrected chi connectivity index (χ2v) is 6.45. The summed E-state index contributed by atoms with van der Waals surface area (Å²) in [5, 5.41) is 0. The lowest BCUT2D eigenvalue weighted by atomic mass is 9.69. The molecule has 0 aliphatic heterocycles. The minimum absolute atomic E-state index is 0.481. The van der Waals surface area contributed by atoms with Crippen LogP contribution in [0.25, 0.3) is 0 Å². The van der Waals surface area contributed by atoms with Crippen molar-refractivity contribution in [2.75, 3.05) is 0 Å². The molecule has 1 aromatic rings. The van der Waals surface area contributed by atoms with Crippen molar-refractivity contribution in [1.82, 2.24) is 0 Å². The molecule has 0 bridgehead atoms. The molecule has 2 atom stereocenters. The van der Waals surface area contributed by atoms with Crippen molar-refractivity contribution in [2.24, 2.45) is 11.8 Å². The van der Waals surface area contributed by atoms with Gasteiger partial charge in [0.1, 0.15) is 5.78 Å². The van der Waals surface area contributed by atoms with Crippen molar-refractivity contribution in [2.45, 2.75) is 57.3 Å². The van der Waals surface area contributed by atoms with Crippen molar-refractivity contribution >= 4 is 5.78 Å². The van der Waals surface area contributed by atoms with Crippen LogP contribution in [0.2, 0.25) is 0 Å². The van der Waals surface area contributed by atoms with Gasteiger partial charge in [0.15, 0.2) is 0 Å². The van der Waals surface area contributed by atoms with Crippen LogP contribution >= 0.6 is 0 Å². The number of carbonyl (C=O) groups excluding carboxylic acids is 1. The number of benzene rings is 1. The zero-order valence-electron chi connectivity index (χ0n) is 11.7. The van der Waals surface area contributed by atoms with Crippen LogP contribution in [0.1, 0.15) is 62.8 Å². The normalized spacial score (nSPS) is 29.4. The topological polar surface area (TPSA) is 17.1 Å². The Morgan fingerprint density at radius 3 is 2.32 bits per heavy atom. The maximum Gasteiger partial charge on any atom is 0.133 e. The summed E-state index contributed by atoms with van der Waals surface area (Å²) in [7, 11) is 0. The Morgan fingerprint density at radius 1 is 0.842 bits per heavy atom. The summed E-state index contributed by atoms with van der Waals surface area (Å²) in [6.45, 7) is 0. The fourth-order valence-corrected chi connectivity index (χ4v) is 4.13. The van der Waals surface area contributed by atoms with E-state index >= 15 is 0 Å². The minimum Gasteiger partial charge on any atom is -0.300 e. The lowest BCUT2D eigenvalue weighted by molar-refractivity contribution is -0.122. The molecule has 19 heavy (non-hydrogen) atoms. The standard InChI is InChI=1S/C18H24O/c19-18-12-16(14-7-3-1-4-8-14)11-17(13-18)15-9-5-2-6-10-15/h1,3-4,7-8,15-17H,2,5-6,9-13H2. The molecule has 0 spiro atoms. The summed E-state index contributed by atoms with van der Waals surface area (Å²) < 4.78 is 0. The maximum atomic E-state index is 12.1. The predicted molar refractivity (Wildman–Crippen MR) is 78.1 cm³/mol. The van der Waals surface area contributed by atoms with E-state index in [1.807, 2.05) is 0 Å². The van der Waals surface area contributed by atoms with E-state index in [1.54, 1.807) is 0 Å². The third-order valence-electron chi connectivity index (χ3n) is 5.14. The molecule has 0 radical (unpaired) electrons. The van der Waals surface area contributed by atoms with Crippen LogP contribution in [0.15, 0.2) is 30.3 Å². The van der Waals surface area contributed by atoms with Crippen molar-refractivity contribution in [3.05, 3.63) is 35.9 Å². The van der Waals surface area contributed by atoms with Gasteiger partial charge in [-0.05, 0) is 29.7 Å². The summed E-state index contributed by atoms with van der Waals surface area (Å²) in [6.07, 6.45) is 9.75. The van der Waals surface area contributed by atoms with Crippen LogP contribution in [0.5, 0.6) is 0 Å². The van der Waals surface area contributed by atoms with Gasteiger partial charge in [0.2, 0.25) is 0 Å². The molecule has 102 valence electrons. The van der Waals surface area contributed by atoms with E-state index < -0.39 is 0 Å². The van der Waals surface area contributed by atoms with E-state index in [9.17, 15) is 4.79 Å². The maximum absolute atomic E-state index is 12.1. The SMILES string of the molecule is O=C1CC(c2ccccc2)CC(C2CCCCC2)C1. The first-order valence-corrected chi connectivity index (χ1v) is 7.89. The molecule has 0 amide bonds. The van der Waals surface area contributed by atoms with Crippen molar-refractivity contribution in [1.29, 1.82) is 0 Å². The first-order chi connectivity index (χ1) is 9.33. The first-order valence-electron chi connectivity index (χ1n) is 7.89. The van der Waals surface area contributed by atoms with Crippen molar-refractivity contribution in [3.8, 4) is 0 Å². The molecule has 0 saturated heterocycles. The third-order valence-corrected chi connectivity index (χ3v) is 5.14. The Labute approximate surface area is 116 Å². The highest BCUT2D eigenvalue weighted by Gasteiger charge is 2.33. The van der Waals surface area contributed by atoms with Gasteiger partial charge in [-0.25, -0.2) is 0 Å². The molecule has 2 fully saturated rings. The summed E-state index contributed by atoms with van der Waals surface area (Å²) in [6, 6.07) is 10.7. The largest absolute Gasteiger partial charge is 0.300 e. The van der Waals surface area contributed by atoms with Gasteiger partial charge in [0.05, 0.1) is 0 Å². The van der Waals surface area contributed by atoms with Crippen molar-refractivity contribution in [3.63, 3.8) is 0 Å². The van der Waals surface area contributed by atoms with Crippen molar-refractivity contribution < 1.29 is 4.79 Å².